The van der Waals surface area contributed by atoms with Crippen LogP contribution in [0.5, 0.6) is 0 Å². The summed E-state index contributed by atoms with van der Waals surface area (Å²) in [6.07, 6.45) is 4.78. The van der Waals surface area contributed by atoms with Crippen LogP contribution < -0.4 is 0 Å². The molecule has 0 saturated carbocycles. The van der Waals surface area contributed by atoms with Crippen molar-refractivity contribution in [3.8, 4) is 0 Å². The van der Waals surface area contributed by atoms with E-state index in [4.69, 9.17) is 4.43 Å². The fourth-order valence-electron chi connectivity index (χ4n) is 1.98. The molecule has 0 N–H and O–H groups in total. The third kappa shape index (κ3) is 3.99. The first-order valence-electron chi connectivity index (χ1n) is 5.26. The van der Waals surface area contributed by atoms with Crippen molar-refractivity contribution in [3.05, 3.63) is 11.8 Å². The van der Waals surface area contributed by atoms with Gasteiger partial charge >= 0.3 is 0 Å². The summed E-state index contributed by atoms with van der Waals surface area (Å²) in [6, 6.07) is 0. The number of allylic oxidation sites excluding steroid dienone is 2. The molecule has 2 heteroatoms. The SMILES string of the molecule is C[C@H]1CC(O[Si](C)(C)C)=C[C@H](C)C1. The van der Waals surface area contributed by atoms with Gasteiger partial charge in [-0.1, -0.05) is 13.8 Å². The van der Waals surface area contributed by atoms with Gasteiger partial charge in [-0.3, -0.25) is 0 Å². The van der Waals surface area contributed by atoms with Gasteiger partial charge in [-0.2, -0.15) is 0 Å². The maximum atomic E-state index is 6.02. The van der Waals surface area contributed by atoms with Crippen LogP contribution in [0.1, 0.15) is 26.7 Å². The number of hydrogen-bond acceptors (Lipinski definition) is 1. The van der Waals surface area contributed by atoms with Gasteiger partial charge in [0.25, 0.3) is 0 Å². The summed E-state index contributed by atoms with van der Waals surface area (Å²) in [5.74, 6) is 2.76. The van der Waals surface area contributed by atoms with E-state index in [-0.39, 0.29) is 0 Å². The average Bonchev–Trinajstić information content (AvgIpc) is 1.78. The first-order chi connectivity index (χ1) is 5.87. The molecule has 0 bridgehead atoms. The van der Waals surface area contributed by atoms with E-state index < -0.39 is 8.32 Å². The lowest BCUT2D eigenvalue weighted by atomic mass is 9.88. The van der Waals surface area contributed by atoms with Crippen LogP contribution >= 0.6 is 0 Å². The van der Waals surface area contributed by atoms with E-state index in [2.05, 4.69) is 39.6 Å². The van der Waals surface area contributed by atoms with Crippen LogP contribution in [0.3, 0.4) is 0 Å². The molecule has 0 aliphatic heterocycles. The highest BCUT2D eigenvalue weighted by Gasteiger charge is 2.22. The van der Waals surface area contributed by atoms with Gasteiger partial charge in [-0.25, -0.2) is 0 Å². The highest BCUT2D eigenvalue weighted by molar-refractivity contribution is 6.70. The van der Waals surface area contributed by atoms with Crippen LogP contribution in [0.15, 0.2) is 11.8 Å². The Balaban J connectivity index is 2.59. The highest BCUT2D eigenvalue weighted by atomic mass is 28.4. The lowest BCUT2D eigenvalue weighted by molar-refractivity contribution is 0.318. The van der Waals surface area contributed by atoms with Gasteiger partial charge in [-0.15, -0.1) is 0 Å². The van der Waals surface area contributed by atoms with Crippen molar-refractivity contribution in [2.24, 2.45) is 11.8 Å². The topological polar surface area (TPSA) is 9.23 Å². The van der Waals surface area contributed by atoms with Crippen LogP contribution in [-0.2, 0) is 4.43 Å². The highest BCUT2D eigenvalue weighted by Crippen LogP contribution is 2.29. The van der Waals surface area contributed by atoms with E-state index in [1.165, 1.54) is 12.2 Å². The Morgan fingerprint density at radius 3 is 2.38 bits per heavy atom. The van der Waals surface area contributed by atoms with Crippen molar-refractivity contribution >= 4 is 8.32 Å². The third-order valence-electron chi connectivity index (χ3n) is 2.23. The molecule has 13 heavy (non-hydrogen) atoms. The van der Waals surface area contributed by atoms with Gasteiger partial charge in [0.1, 0.15) is 0 Å². The molecule has 1 nitrogen and oxygen atoms in total. The molecular formula is C11H22OSi. The lowest BCUT2D eigenvalue weighted by Gasteiger charge is -2.29. The molecule has 0 fully saturated rings. The van der Waals surface area contributed by atoms with Crippen molar-refractivity contribution in [2.45, 2.75) is 46.3 Å². The Bertz CT molecular complexity index is 203. The quantitative estimate of drug-likeness (QED) is 0.613. The minimum absolute atomic E-state index is 0.704. The van der Waals surface area contributed by atoms with Crippen LogP contribution in [0.4, 0.5) is 0 Å². The van der Waals surface area contributed by atoms with Gasteiger partial charge in [0.05, 0.1) is 5.76 Å². The molecule has 0 aromatic heterocycles. The summed E-state index contributed by atoms with van der Waals surface area (Å²) in [5, 5.41) is 0. The summed E-state index contributed by atoms with van der Waals surface area (Å²) in [6.45, 7) is 11.3. The Morgan fingerprint density at radius 1 is 1.31 bits per heavy atom. The molecule has 0 radical (unpaired) electrons. The van der Waals surface area contributed by atoms with E-state index >= 15 is 0 Å². The van der Waals surface area contributed by atoms with Gasteiger partial charge in [-0.05, 0) is 44.0 Å². The first kappa shape index (κ1) is 10.8. The van der Waals surface area contributed by atoms with Crippen molar-refractivity contribution < 1.29 is 4.43 Å². The number of hydrogen-bond donors (Lipinski definition) is 0. The lowest BCUT2D eigenvalue weighted by Crippen LogP contribution is -2.27. The van der Waals surface area contributed by atoms with E-state index in [1.54, 1.807) is 0 Å². The zero-order valence-corrected chi connectivity index (χ0v) is 10.6. The minimum Gasteiger partial charge on any atom is -0.548 e. The molecule has 2 atom stereocenters. The molecule has 0 heterocycles. The molecule has 0 unspecified atom stereocenters. The average molecular weight is 198 g/mol. The van der Waals surface area contributed by atoms with E-state index in [1.807, 2.05) is 0 Å². The van der Waals surface area contributed by atoms with Crippen LogP contribution in [-0.4, -0.2) is 8.32 Å². The molecule has 0 saturated heterocycles. The molecule has 0 spiro atoms. The van der Waals surface area contributed by atoms with Crippen molar-refractivity contribution in [2.75, 3.05) is 0 Å². The molecule has 1 rings (SSSR count). The zero-order valence-electron chi connectivity index (χ0n) is 9.55. The summed E-state index contributed by atoms with van der Waals surface area (Å²) in [5.41, 5.74) is 0. The molecule has 1 aliphatic rings. The second-order valence-electron chi connectivity index (χ2n) is 5.37. The zero-order chi connectivity index (χ0) is 10.1. The smallest absolute Gasteiger partial charge is 0.241 e. The van der Waals surface area contributed by atoms with E-state index in [0.717, 1.165) is 12.3 Å². The molecule has 0 aromatic carbocycles. The summed E-state index contributed by atoms with van der Waals surface area (Å²) < 4.78 is 6.02. The van der Waals surface area contributed by atoms with Crippen LogP contribution in [0, 0.1) is 11.8 Å². The van der Waals surface area contributed by atoms with Crippen molar-refractivity contribution in [1.82, 2.24) is 0 Å². The molecule has 76 valence electrons. The second kappa shape index (κ2) is 3.87. The standard InChI is InChI=1S/C11H22OSi/c1-9-6-10(2)8-11(7-9)12-13(3,4)5/h7,9-10H,6,8H2,1-5H3/t9-,10-/m1/s1. The molecule has 0 aromatic rings. The summed E-state index contributed by atoms with van der Waals surface area (Å²) >= 11 is 0. The van der Waals surface area contributed by atoms with Crippen LogP contribution in [0.25, 0.3) is 0 Å². The van der Waals surface area contributed by atoms with Crippen LogP contribution in [0.2, 0.25) is 19.6 Å². The Hall–Kier alpha value is -0.243. The Morgan fingerprint density at radius 2 is 1.92 bits per heavy atom. The molecule has 1 aliphatic carbocycles. The molecular weight excluding hydrogens is 176 g/mol. The van der Waals surface area contributed by atoms with Gasteiger partial charge in [0, 0.05) is 6.42 Å². The monoisotopic (exact) mass is 198 g/mol. The second-order valence-corrected chi connectivity index (χ2v) is 9.80. The van der Waals surface area contributed by atoms with Gasteiger partial charge < -0.3 is 4.43 Å². The Kier molecular flexibility index (Phi) is 3.22. The maximum absolute atomic E-state index is 6.02. The molecule has 0 amide bonds. The largest absolute Gasteiger partial charge is 0.548 e. The van der Waals surface area contributed by atoms with E-state index in [0.29, 0.717) is 5.92 Å². The third-order valence-corrected chi connectivity index (χ3v) is 3.11. The van der Waals surface area contributed by atoms with Crippen molar-refractivity contribution in [3.63, 3.8) is 0 Å². The first-order valence-corrected chi connectivity index (χ1v) is 8.67. The number of rotatable bonds is 2. The van der Waals surface area contributed by atoms with Gasteiger partial charge in [0.15, 0.2) is 0 Å². The maximum Gasteiger partial charge on any atom is 0.241 e. The predicted molar refractivity (Wildman–Crippen MR) is 60.1 cm³/mol. The van der Waals surface area contributed by atoms with Gasteiger partial charge in [0.2, 0.25) is 8.32 Å². The normalized spacial score (nSPS) is 29.8. The fraction of sp³-hybridized carbons (Fsp3) is 0.818. The summed E-state index contributed by atoms with van der Waals surface area (Å²) in [4.78, 5) is 0. The summed E-state index contributed by atoms with van der Waals surface area (Å²) in [7, 11) is -1.37. The van der Waals surface area contributed by atoms with E-state index in [9.17, 15) is 0 Å². The van der Waals surface area contributed by atoms with Crippen molar-refractivity contribution in [1.29, 1.82) is 0 Å². The fourth-order valence-corrected chi connectivity index (χ4v) is 2.92. The minimum atomic E-state index is -1.37. The predicted octanol–water partition coefficient (Wildman–Crippen LogP) is 3.79. The Labute approximate surface area is 83.3 Å².